The number of rotatable bonds is 6. The predicted octanol–water partition coefficient (Wildman–Crippen LogP) is 2.55. The molecule has 1 saturated carbocycles. The van der Waals surface area contributed by atoms with E-state index in [2.05, 4.69) is 15.3 Å². The Kier molecular flexibility index (Phi) is 5.05. The van der Waals surface area contributed by atoms with Gasteiger partial charge >= 0.3 is 0 Å². The first kappa shape index (κ1) is 17.9. The number of aliphatic hydroxyl groups excluding tert-OH is 1. The summed E-state index contributed by atoms with van der Waals surface area (Å²) in [7, 11) is 0. The summed E-state index contributed by atoms with van der Waals surface area (Å²) < 4.78 is 0. The number of carbonyl (C=O) groups is 1. The fourth-order valence-electron chi connectivity index (χ4n) is 3.51. The molecule has 27 heavy (non-hydrogen) atoms. The molecule has 0 saturated heterocycles. The maximum absolute atomic E-state index is 12.5. The van der Waals surface area contributed by atoms with Crippen LogP contribution in [0.2, 0.25) is 0 Å². The molecule has 0 radical (unpaired) electrons. The van der Waals surface area contributed by atoms with E-state index in [1.165, 1.54) is 0 Å². The largest absolute Gasteiger partial charge is 0.393 e. The molecular weight excluding hydrogens is 362 g/mol. The number of nitrogens with zero attached hydrogens (tertiary/aromatic N) is 1. The van der Waals surface area contributed by atoms with Crippen molar-refractivity contribution in [2.45, 2.75) is 37.8 Å². The Morgan fingerprint density at radius 1 is 1.30 bits per heavy atom. The van der Waals surface area contributed by atoms with Crippen molar-refractivity contribution < 1.29 is 9.90 Å². The van der Waals surface area contributed by atoms with Gasteiger partial charge in [0.25, 0.3) is 5.56 Å². The normalized spacial score (nSPS) is 20.2. The molecule has 1 aromatic carbocycles. The van der Waals surface area contributed by atoms with E-state index in [-0.39, 0.29) is 42.4 Å². The second-order valence-corrected chi connectivity index (χ2v) is 7.95. The molecule has 0 spiro atoms. The highest BCUT2D eigenvalue weighted by molar-refractivity contribution is 7.10. The number of carbonyl (C=O) groups excluding carboxylic acids is 1. The molecule has 0 aliphatic heterocycles. The van der Waals surface area contributed by atoms with E-state index < -0.39 is 0 Å². The molecule has 2 aromatic heterocycles. The summed E-state index contributed by atoms with van der Waals surface area (Å²) in [6, 6.07) is 11.2. The molecule has 1 aliphatic rings. The fourth-order valence-corrected chi connectivity index (χ4v) is 4.38. The van der Waals surface area contributed by atoms with Gasteiger partial charge in [0.1, 0.15) is 5.69 Å². The zero-order valence-corrected chi connectivity index (χ0v) is 15.5. The third-order valence-electron chi connectivity index (χ3n) is 5.05. The van der Waals surface area contributed by atoms with Gasteiger partial charge in [-0.25, -0.2) is 4.98 Å². The van der Waals surface area contributed by atoms with Gasteiger partial charge in [0, 0.05) is 17.7 Å². The number of aliphatic hydroxyl groups is 1. The summed E-state index contributed by atoms with van der Waals surface area (Å²) in [5, 5.41) is 14.7. The van der Waals surface area contributed by atoms with Crippen LogP contribution in [0.3, 0.4) is 0 Å². The smallest absolute Gasteiger partial charge is 0.270 e. The van der Waals surface area contributed by atoms with Crippen LogP contribution in [0.5, 0.6) is 0 Å². The van der Waals surface area contributed by atoms with Gasteiger partial charge in [-0.3, -0.25) is 9.59 Å². The van der Waals surface area contributed by atoms with Gasteiger partial charge in [-0.05, 0) is 42.3 Å². The number of fused-ring (bicyclic) bond motifs is 1. The van der Waals surface area contributed by atoms with Gasteiger partial charge in [-0.1, -0.05) is 18.2 Å². The molecule has 1 amide bonds. The first-order valence-electron chi connectivity index (χ1n) is 9.09. The molecule has 3 N–H and O–H groups in total. The summed E-state index contributed by atoms with van der Waals surface area (Å²) in [6.07, 6.45) is 1.63. The monoisotopic (exact) mass is 383 g/mol. The molecule has 1 fully saturated rings. The number of thiophene rings is 1. The average molecular weight is 383 g/mol. The van der Waals surface area contributed by atoms with E-state index in [1.807, 2.05) is 35.7 Å². The topological polar surface area (TPSA) is 95.1 Å². The van der Waals surface area contributed by atoms with Crippen LogP contribution in [0.4, 0.5) is 0 Å². The van der Waals surface area contributed by atoms with Crippen LogP contribution in [0, 0.1) is 5.92 Å². The van der Waals surface area contributed by atoms with Crippen molar-refractivity contribution in [3.05, 3.63) is 62.7 Å². The van der Waals surface area contributed by atoms with Crippen LogP contribution in [0.25, 0.3) is 11.0 Å². The molecular formula is C20H21N3O3S. The summed E-state index contributed by atoms with van der Waals surface area (Å²) in [6.45, 7) is 0. The van der Waals surface area contributed by atoms with E-state index in [0.29, 0.717) is 29.6 Å². The van der Waals surface area contributed by atoms with Gasteiger partial charge in [-0.2, -0.15) is 0 Å². The number of para-hydroxylation sites is 2. The quantitative estimate of drug-likeness (QED) is 0.610. The lowest BCUT2D eigenvalue weighted by atomic mass is 9.76. The Morgan fingerprint density at radius 3 is 2.85 bits per heavy atom. The minimum absolute atomic E-state index is 0.0799. The molecule has 2 heterocycles. The highest BCUT2D eigenvalue weighted by Gasteiger charge is 2.36. The Bertz CT molecular complexity index is 993. The van der Waals surface area contributed by atoms with E-state index in [1.54, 1.807) is 17.4 Å². The number of amides is 1. The van der Waals surface area contributed by atoms with Crippen molar-refractivity contribution in [1.29, 1.82) is 0 Å². The molecule has 7 heteroatoms. The molecule has 1 atom stereocenters. The Hall–Kier alpha value is -2.51. The Labute approximate surface area is 160 Å². The SMILES string of the molecule is O=C(CCc1nc2ccccc2[nH]c1=O)NC(c1cccs1)C1CC(O)C1. The van der Waals surface area contributed by atoms with Crippen LogP contribution in [-0.4, -0.2) is 27.1 Å². The number of aromatic amines is 1. The molecule has 1 unspecified atom stereocenters. The number of nitrogens with one attached hydrogen (secondary N) is 2. The van der Waals surface area contributed by atoms with Gasteiger partial charge in [-0.15, -0.1) is 11.3 Å². The number of aryl methyl sites for hydroxylation is 1. The molecule has 6 nitrogen and oxygen atoms in total. The van der Waals surface area contributed by atoms with E-state index in [4.69, 9.17) is 0 Å². The van der Waals surface area contributed by atoms with Gasteiger partial charge in [0.05, 0.1) is 23.2 Å². The average Bonchev–Trinajstić information content (AvgIpc) is 3.16. The molecule has 4 rings (SSSR count). The highest BCUT2D eigenvalue weighted by atomic mass is 32.1. The number of hydrogen-bond donors (Lipinski definition) is 3. The molecule has 1 aliphatic carbocycles. The van der Waals surface area contributed by atoms with Crippen LogP contribution < -0.4 is 10.9 Å². The number of H-pyrrole nitrogens is 1. The summed E-state index contributed by atoms with van der Waals surface area (Å²) in [5.74, 6) is 0.147. The summed E-state index contributed by atoms with van der Waals surface area (Å²) >= 11 is 1.61. The lowest BCUT2D eigenvalue weighted by Gasteiger charge is -2.37. The minimum atomic E-state index is -0.269. The van der Waals surface area contributed by atoms with E-state index in [9.17, 15) is 14.7 Å². The van der Waals surface area contributed by atoms with Crippen LogP contribution in [0.1, 0.15) is 35.9 Å². The summed E-state index contributed by atoms with van der Waals surface area (Å²) in [4.78, 5) is 33.0. The molecule has 140 valence electrons. The van der Waals surface area contributed by atoms with Crippen molar-refractivity contribution in [1.82, 2.24) is 15.3 Å². The third-order valence-corrected chi connectivity index (χ3v) is 6.00. The first-order valence-corrected chi connectivity index (χ1v) is 9.97. The lowest BCUT2D eigenvalue weighted by molar-refractivity contribution is -0.123. The Morgan fingerprint density at radius 2 is 2.11 bits per heavy atom. The van der Waals surface area contributed by atoms with Crippen molar-refractivity contribution >= 4 is 28.3 Å². The molecule has 0 bridgehead atoms. The van der Waals surface area contributed by atoms with Gasteiger partial charge in [0.2, 0.25) is 5.91 Å². The van der Waals surface area contributed by atoms with Gasteiger partial charge < -0.3 is 15.4 Å². The molecule has 3 aromatic rings. The number of benzene rings is 1. The zero-order chi connectivity index (χ0) is 18.8. The second kappa shape index (κ2) is 7.62. The minimum Gasteiger partial charge on any atom is -0.393 e. The lowest BCUT2D eigenvalue weighted by Crippen LogP contribution is -2.41. The second-order valence-electron chi connectivity index (χ2n) is 6.98. The van der Waals surface area contributed by atoms with Crippen molar-refractivity contribution in [3.63, 3.8) is 0 Å². The third kappa shape index (κ3) is 3.94. The maximum Gasteiger partial charge on any atom is 0.270 e. The van der Waals surface area contributed by atoms with Crippen molar-refractivity contribution in [2.24, 2.45) is 5.92 Å². The van der Waals surface area contributed by atoms with Crippen molar-refractivity contribution in [2.75, 3.05) is 0 Å². The van der Waals surface area contributed by atoms with Crippen molar-refractivity contribution in [3.8, 4) is 0 Å². The number of aromatic nitrogens is 2. The highest BCUT2D eigenvalue weighted by Crippen LogP contribution is 2.39. The summed E-state index contributed by atoms with van der Waals surface area (Å²) in [5.41, 5.74) is 1.53. The predicted molar refractivity (Wildman–Crippen MR) is 105 cm³/mol. The van der Waals surface area contributed by atoms with Gasteiger partial charge in [0.15, 0.2) is 0 Å². The fraction of sp³-hybridized carbons (Fsp3) is 0.350. The maximum atomic E-state index is 12.5. The Balaban J connectivity index is 1.43. The van der Waals surface area contributed by atoms with E-state index in [0.717, 1.165) is 4.88 Å². The van der Waals surface area contributed by atoms with Crippen LogP contribution in [0.15, 0.2) is 46.6 Å². The van der Waals surface area contributed by atoms with E-state index >= 15 is 0 Å². The standard InChI is InChI=1S/C20H21N3O3S/c24-13-10-12(11-13)19(17-6-3-9-27-17)23-18(25)8-7-16-20(26)22-15-5-2-1-4-14(15)21-16/h1-6,9,12-13,19,24H,7-8,10-11H2,(H,22,26)(H,23,25). The number of hydrogen-bond acceptors (Lipinski definition) is 5. The first-order chi connectivity index (χ1) is 13.1. The van der Waals surface area contributed by atoms with Crippen LogP contribution >= 0.6 is 11.3 Å². The van der Waals surface area contributed by atoms with Crippen LogP contribution in [-0.2, 0) is 11.2 Å². The zero-order valence-electron chi connectivity index (χ0n) is 14.7.